The van der Waals surface area contributed by atoms with Gasteiger partial charge in [-0.25, -0.2) is 13.2 Å². The molecule has 2 aromatic carbocycles. The third-order valence-electron chi connectivity index (χ3n) is 5.76. The number of rotatable bonds is 8. The van der Waals surface area contributed by atoms with Crippen LogP contribution in [0.5, 0.6) is 0 Å². The number of benzene rings is 2. The summed E-state index contributed by atoms with van der Waals surface area (Å²) in [5, 5.41) is 10.2. The molecule has 0 saturated heterocycles. The molecule has 1 aliphatic carbocycles. The van der Waals surface area contributed by atoms with Crippen LogP contribution in [0, 0.1) is 19.8 Å². The fourth-order valence-electron chi connectivity index (χ4n) is 3.48. The predicted octanol–water partition coefficient (Wildman–Crippen LogP) is 4.93. The van der Waals surface area contributed by atoms with E-state index in [9.17, 15) is 26.4 Å². The number of carboxylic acids is 1. The Labute approximate surface area is 209 Å². The van der Waals surface area contributed by atoms with E-state index < -0.39 is 27.6 Å². The van der Waals surface area contributed by atoms with Crippen LogP contribution in [0.3, 0.4) is 0 Å². The zero-order valence-corrected chi connectivity index (χ0v) is 21.4. The van der Waals surface area contributed by atoms with Gasteiger partial charge >= 0.3 is 12.1 Å². The first-order valence-electron chi connectivity index (χ1n) is 11.4. The SMILES string of the molecule is Cc1ccc(C)c(S(=O)(=O)Nc2ccc(C3(C(=O)NCCC(C)C)CC3)cc2)c1.O=C(O)C(F)(F)F. The lowest BCUT2D eigenvalue weighted by Gasteiger charge is -2.17. The molecule has 0 heterocycles. The average Bonchev–Trinajstić information content (AvgIpc) is 3.57. The number of nitrogens with one attached hydrogen (secondary N) is 2. The minimum Gasteiger partial charge on any atom is -0.475 e. The first kappa shape index (κ1) is 29.2. The molecule has 1 saturated carbocycles. The Bertz CT molecular complexity index is 1190. The molecule has 3 N–H and O–H groups in total. The highest BCUT2D eigenvalue weighted by molar-refractivity contribution is 7.92. The van der Waals surface area contributed by atoms with Crippen molar-refractivity contribution in [2.75, 3.05) is 11.3 Å². The molecule has 7 nitrogen and oxygen atoms in total. The van der Waals surface area contributed by atoms with E-state index in [0.717, 1.165) is 30.4 Å². The van der Waals surface area contributed by atoms with Crippen molar-refractivity contribution in [3.05, 3.63) is 59.2 Å². The van der Waals surface area contributed by atoms with Crippen molar-refractivity contribution >= 4 is 27.6 Å². The van der Waals surface area contributed by atoms with E-state index in [1.807, 2.05) is 31.2 Å². The number of alkyl halides is 3. The number of carbonyl (C=O) groups is 2. The van der Waals surface area contributed by atoms with Crippen LogP contribution in [0.1, 0.15) is 49.8 Å². The van der Waals surface area contributed by atoms with Crippen LogP contribution >= 0.6 is 0 Å². The molecule has 3 rings (SSSR count). The van der Waals surface area contributed by atoms with Crippen LogP contribution in [0.2, 0.25) is 0 Å². The van der Waals surface area contributed by atoms with Crippen molar-refractivity contribution in [1.82, 2.24) is 5.32 Å². The third kappa shape index (κ3) is 7.71. The summed E-state index contributed by atoms with van der Waals surface area (Å²) in [6.45, 7) is 8.61. The van der Waals surface area contributed by atoms with E-state index in [1.54, 1.807) is 25.1 Å². The molecule has 0 aromatic heterocycles. The van der Waals surface area contributed by atoms with Crippen LogP contribution in [0.25, 0.3) is 0 Å². The smallest absolute Gasteiger partial charge is 0.475 e. The van der Waals surface area contributed by atoms with Gasteiger partial charge < -0.3 is 10.4 Å². The molecule has 0 unspecified atom stereocenters. The topological polar surface area (TPSA) is 113 Å². The Hall–Kier alpha value is -3.08. The summed E-state index contributed by atoms with van der Waals surface area (Å²) in [7, 11) is -3.67. The Morgan fingerprint density at radius 2 is 1.61 bits per heavy atom. The van der Waals surface area contributed by atoms with E-state index in [2.05, 4.69) is 23.9 Å². The van der Waals surface area contributed by atoms with Crippen molar-refractivity contribution in [1.29, 1.82) is 0 Å². The summed E-state index contributed by atoms with van der Waals surface area (Å²) in [6.07, 6.45) is -2.47. The summed E-state index contributed by atoms with van der Waals surface area (Å²) in [5.41, 5.74) is 2.57. The van der Waals surface area contributed by atoms with Crippen LogP contribution in [0.4, 0.5) is 18.9 Å². The van der Waals surface area contributed by atoms with Gasteiger partial charge in [0.05, 0.1) is 10.3 Å². The van der Waals surface area contributed by atoms with E-state index >= 15 is 0 Å². The number of halogens is 3. The minimum absolute atomic E-state index is 0.0712. The largest absolute Gasteiger partial charge is 0.490 e. The molecule has 0 atom stereocenters. The maximum atomic E-state index is 12.8. The van der Waals surface area contributed by atoms with Crippen LogP contribution < -0.4 is 10.0 Å². The van der Waals surface area contributed by atoms with Gasteiger partial charge in [0.15, 0.2) is 0 Å². The summed E-state index contributed by atoms with van der Waals surface area (Å²) in [4.78, 5) is 21.8. The molecule has 36 heavy (non-hydrogen) atoms. The first-order chi connectivity index (χ1) is 16.6. The molecular formula is C25H31F3N2O5S. The molecule has 1 aliphatic rings. The summed E-state index contributed by atoms with van der Waals surface area (Å²) >= 11 is 0. The number of hydrogen-bond donors (Lipinski definition) is 3. The zero-order valence-electron chi connectivity index (χ0n) is 20.6. The van der Waals surface area contributed by atoms with Crippen LogP contribution in [0.15, 0.2) is 47.4 Å². The Morgan fingerprint density at radius 3 is 2.08 bits per heavy atom. The van der Waals surface area contributed by atoms with Gasteiger partial charge in [0.1, 0.15) is 0 Å². The fraction of sp³-hybridized carbons (Fsp3) is 0.440. The number of sulfonamides is 1. The molecule has 0 spiro atoms. The number of hydrogen-bond acceptors (Lipinski definition) is 4. The lowest BCUT2D eigenvalue weighted by Crippen LogP contribution is -2.35. The quantitative estimate of drug-likeness (QED) is 0.450. The summed E-state index contributed by atoms with van der Waals surface area (Å²) < 4.78 is 59.9. The van der Waals surface area contributed by atoms with E-state index in [-0.39, 0.29) is 10.8 Å². The number of aryl methyl sites for hydroxylation is 2. The molecule has 2 aromatic rings. The molecular weight excluding hydrogens is 497 g/mol. The van der Waals surface area contributed by atoms with Crippen molar-refractivity contribution in [3.63, 3.8) is 0 Å². The second-order valence-corrected chi connectivity index (χ2v) is 10.9. The first-order valence-corrected chi connectivity index (χ1v) is 12.9. The maximum absolute atomic E-state index is 12.8. The standard InChI is InChI=1S/C23H30N2O3S.C2HF3O2/c1-16(2)11-14-24-22(26)23(12-13-23)19-7-9-20(10-8-19)25-29(27,28)21-15-17(3)5-6-18(21)4;3-2(4,5)1(6)7/h5-10,15-16,25H,11-14H2,1-4H3,(H,24,26);(H,6,7). The van der Waals surface area contributed by atoms with E-state index in [0.29, 0.717) is 23.7 Å². The molecule has 1 amide bonds. The summed E-state index contributed by atoms with van der Waals surface area (Å²) in [6, 6.07) is 12.6. The van der Waals surface area contributed by atoms with Gasteiger partial charge in [-0.3, -0.25) is 9.52 Å². The normalized spacial score (nSPS) is 14.4. The number of carboxylic acid groups (broad SMARTS) is 1. The monoisotopic (exact) mass is 528 g/mol. The highest BCUT2D eigenvalue weighted by Gasteiger charge is 2.51. The molecule has 1 fully saturated rings. The molecule has 0 aliphatic heterocycles. The van der Waals surface area contributed by atoms with Crippen molar-refractivity contribution in [2.24, 2.45) is 5.92 Å². The lowest BCUT2D eigenvalue weighted by molar-refractivity contribution is -0.192. The van der Waals surface area contributed by atoms with Gasteiger partial charge in [0.2, 0.25) is 5.91 Å². The van der Waals surface area contributed by atoms with Gasteiger partial charge in [-0.2, -0.15) is 13.2 Å². The Balaban J connectivity index is 0.000000572. The van der Waals surface area contributed by atoms with E-state index in [4.69, 9.17) is 9.90 Å². The molecule has 198 valence electrons. The molecule has 0 bridgehead atoms. The minimum atomic E-state index is -5.08. The fourth-order valence-corrected chi connectivity index (χ4v) is 4.87. The number of carbonyl (C=O) groups excluding carboxylic acids is 1. The average molecular weight is 529 g/mol. The van der Waals surface area contributed by atoms with Crippen molar-refractivity contribution in [3.8, 4) is 0 Å². The second-order valence-electron chi connectivity index (χ2n) is 9.28. The van der Waals surface area contributed by atoms with Crippen LogP contribution in [-0.2, 0) is 25.0 Å². The van der Waals surface area contributed by atoms with Crippen LogP contribution in [-0.4, -0.2) is 38.1 Å². The van der Waals surface area contributed by atoms with Crippen molar-refractivity contribution < 1.29 is 36.3 Å². The zero-order chi connectivity index (χ0) is 27.3. The number of anilines is 1. The van der Waals surface area contributed by atoms with Crippen molar-refractivity contribution in [2.45, 2.75) is 63.4 Å². The lowest BCUT2D eigenvalue weighted by atomic mass is 9.94. The van der Waals surface area contributed by atoms with Gasteiger partial charge in [-0.1, -0.05) is 38.1 Å². The Morgan fingerprint density at radius 1 is 1.06 bits per heavy atom. The highest BCUT2D eigenvalue weighted by atomic mass is 32.2. The number of aliphatic carboxylic acids is 1. The van der Waals surface area contributed by atoms with E-state index in [1.165, 1.54) is 0 Å². The maximum Gasteiger partial charge on any atom is 0.490 e. The molecule has 11 heteroatoms. The molecule has 0 radical (unpaired) electrons. The summed E-state index contributed by atoms with van der Waals surface area (Å²) in [5.74, 6) is -2.14. The Kier molecular flexibility index (Phi) is 9.17. The second kappa shape index (κ2) is 11.3. The van der Waals surface area contributed by atoms with Gasteiger partial charge in [0, 0.05) is 12.2 Å². The number of amides is 1. The van der Waals surface area contributed by atoms with Gasteiger partial charge in [0.25, 0.3) is 10.0 Å². The third-order valence-corrected chi connectivity index (χ3v) is 7.28. The predicted molar refractivity (Wildman–Crippen MR) is 130 cm³/mol. The van der Waals surface area contributed by atoms with Gasteiger partial charge in [-0.05, 0) is 73.9 Å². The van der Waals surface area contributed by atoms with Gasteiger partial charge in [-0.15, -0.1) is 0 Å². The highest BCUT2D eigenvalue weighted by Crippen LogP contribution is 2.48.